The average Bonchev–Trinajstić information content (AvgIpc) is 2.29. The molecule has 1 aromatic rings. The Morgan fingerprint density at radius 1 is 1.44 bits per heavy atom. The van der Waals surface area contributed by atoms with E-state index in [0.717, 1.165) is 35.7 Å². The number of thioether (sulfide) groups is 1. The third-order valence-electron chi connectivity index (χ3n) is 2.21. The van der Waals surface area contributed by atoms with Crippen molar-refractivity contribution in [3.8, 4) is 0 Å². The van der Waals surface area contributed by atoms with Crippen molar-refractivity contribution in [3.05, 3.63) is 23.4 Å². The maximum Gasteiger partial charge on any atom is 0.335 e. The zero-order valence-electron chi connectivity index (χ0n) is 9.69. The fourth-order valence-corrected chi connectivity index (χ4v) is 2.29. The summed E-state index contributed by atoms with van der Waals surface area (Å²) in [4.78, 5) is 15.3. The average molecular weight is 239 g/mol. The van der Waals surface area contributed by atoms with Crippen LogP contribution in [0, 0.1) is 0 Å². The first kappa shape index (κ1) is 13.0. The molecule has 0 aromatic carbocycles. The number of hydrogen-bond acceptors (Lipinski definition) is 3. The van der Waals surface area contributed by atoms with Gasteiger partial charge in [-0.2, -0.15) is 0 Å². The molecule has 16 heavy (non-hydrogen) atoms. The number of aryl methyl sites for hydroxylation is 1. The van der Waals surface area contributed by atoms with E-state index in [4.69, 9.17) is 5.11 Å². The summed E-state index contributed by atoms with van der Waals surface area (Å²) in [6.45, 7) is 4.12. The SMILES string of the molecule is CCCCSc1cc(C(=O)O)cc(CC)n1. The highest BCUT2D eigenvalue weighted by Gasteiger charge is 2.07. The van der Waals surface area contributed by atoms with Gasteiger partial charge in [-0.05, 0) is 30.7 Å². The van der Waals surface area contributed by atoms with Crippen molar-refractivity contribution in [2.45, 2.75) is 38.1 Å². The van der Waals surface area contributed by atoms with Gasteiger partial charge in [0.05, 0.1) is 10.6 Å². The van der Waals surface area contributed by atoms with E-state index in [1.165, 1.54) is 0 Å². The smallest absolute Gasteiger partial charge is 0.335 e. The molecule has 1 heterocycles. The Morgan fingerprint density at radius 3 is 2.75 bits per heavy atom. The Bertz CT molecular complexity index is 366. The summed E-state index contributed by atoms with van der Waals surface area (Å²) in [6.07, 6.45) is 3.04. The maximum atomic E-state index is 10.9. The summed E-state index contributed by atoms with van der Waals surface area (Å²) in [5.41, 5.74) is 1.18. The van der Waals surface area contributed by atoms with Gasteiger partial charge < -0.3 is 5.11 Å². The zero-order chi connectivity index (χ0) is 12.0. The molecule has 0 aliphatic carbocycles. The summed E-state index contributed by atoms with van der Waals surface area (Å²) < 4.78 is 0. The van der Waals surface area contributed by atoms with Crippen molar-refractivity contribution in [3.63, 3.8) is 0 Å². The number of hydrogen-bond donors (Lipinski definition) is 1. The van der Waals surface area contributed by atoms with Crippen LogP contribution >= 0.6 is 11.8 Å². The lowest BCUT2D eigenvalue weighted by Gasteiger charge is -2.04. The minimum Gasteiger partial charge on any atom is -0.478 e. The van der Waals surface area contributed by atoms with Crippen LogP contribution in [0.4, 0.5) is 0 Å². The van der Waals surface area contributed by atoms with E-state index in [2.05, 4.69) is 11.9 Å². The third kappa shape index (κ3) is 3.85. The van der Waals surface area contributed by atoms with E-state index >= 15 is 0 Å². The summed E-state index contributed by atoms with van der Waals surface area (Å²) in [7, 11) is 0. The van der Waals surface area contributed by atoms with Gasteiger partial charge in [0.2, 0.25) is 0 Å². The second-order valence-electron chi connectivity index (χ2n) is 3.55. The number of aromatic nitrogens is 1. The molecule has 0 spiro atoms. The van der Waals surface area contributed by atoms with Crippen LogP contribution in [0.25, 0.3) is 0 Å². The highest BCUT2D eigenvalue weighted by atomic mass is 32.2. The third-order valence-corrected chi connectivity index (χ3v) is 3.21. The first-order chi connectivity index (χ1) is 7.67. The minimum absolute atomic E-state index is 0.339. The molecule has 4 heteroatoms. The van der Waals surface area contributed by atoms with Crippen LogP contribution in [0.3, 0.4) is 0 Å². The topological polar surface area (TPSA) is 50.2 Å². The number of carbonyl (C=O) groups is 1. The number of nitrogens with zero attached hydrogens (tertiary/aromatic N) is 1. The van der Waals surface area contributed by atoms with Gasteiger partial charge in [0.25, 0.3) is 0 Å². The number of aromatic carboxylic acids is 1. The highest BCUT2D eigenvalue weighted by molar-refractivity contribution is 7.99. The molecule has 0 amide bonds. The molecule has 0 unspecified atom stereocenters. The molecule has 0 atom stereocenters. The van der Waals surface area contributed by atoms with E-state index < -0.39 is 5.97 Å². The quantitative estimate of drug-likeness (QED) is 0.611. The van der Waals surface area contributed by atoms with Crippen LogP contribution < -0.4 is 0 Å². The van der Waals surface area contributed by atoms with E-state index in [1.807, 2.05) is 6.92 Å². The van der Waals surface area contributed by atoms with Crippen molar-refractivity contribution in [2.75, 3.05) is 5.75 Å². The summed E-state index contributed by atoms with van der Waals surface area (Å²) in [5.74, 6) is 0.116. The van der Waals surface area contributed by atoms with Gasteiger partial charge in [0.15, 0.2) is 0 Å². The lowest BCUT2D eigenvalue weighted by molar-refractivity contribution is 0.0696. The van der Waals surface area contributed by atoms with Crippen molar-refractivity contribution in [1.29, 1.82) is 0 Å². The molecular formula is C12H17NO2S. The summed E-state index contributed by atoms with van der Waals surface area (Å²) in [6, 6.07) is 3.30. The second-order valence-corrected chi connectivity index (χ2v) is 4.66. The van der Waals surface area contributed by atoms with Gasteiger partial charge in [-0.25, -0.2) is 9.78 Å². The minimum atomic E-state index is -0.880. The number of carboxylic acid groups (broad SMARTS) is 1. The Labute approximate surface area is 100 Å². The molecule has 0 radical (unpaired) electrons. The van der Waals surface area contributed by atoms with Gasteiger partial charge in [0.1, 0.15) is 0 Å². The summed E-state index contributed by atoms with van der Waals surface area (Å²) in [5, 5.41) is 9.79. The molecule has 1 N–H and O–H groups in total. The zero-order valence-corrected chi connectivity index (χ0v) is 10.5. The first-order valence-corrected chi connectivity index (χ1v) is 6.53. The van der Waals surface area contributed by atoms with Crippen LogP contribution in [0.1, 0.15) is 42.7 Å². The molecule has 0 saturated carbocycles. The number of pyridine rings is 1. The molecule has 88 valence electrons. The molecule has 0 aliphatic heterocycles. The van der Waals surface area contributed by atoms with E-state index in [9.17, 15) is 4.79 Å². The molecule has 0 saturated heterocycles. The van der Waals surface area contributed by atoms with Crippen molar-refractivity contribution >= 4 is 17.7 Å². The van der Waals surface area contributed by atoms with Gasteiger partial charge >= 0.3 is 5.97 Å². The molecule has 3 nitrogen and oxygen atoms in total. The molecule has 0 fully saturated rings. The first-order valence-electron chi connectivity index (χ1n) is 5.54. The number of unbranched alkanes of at least 4 members (excludes halogenated alkanes) is 1. The number of rotatable bonds is 6. The predicted molar refractivity (Wildman–Crippen MR) is 66.2 cm³/mol. The van der Waals surface area contributed by atoms with E-state index in [-0.39, 0.29) is 0 Å². The number of carboxylic acids is 1. The maximum absolute atomic E-state index is 10.9. The molecule has 1 aromatic heterocycles. The van der Waals surface area contributed by atoms with Crippen LogP contribution in [0.2, 0.25) is 0 Å². The highest BCUT2D eigenvalue weighted by Crippen LogP contribution is 2.19. The Kier molecular flexibility index (Phi) is 5.32. The lowest BCUT2D eigenvalue weighted by Crippen LogP contribution is -2.00. The Hall–Kier alpha value is -1.03. The molecule has 0 aliphatic rings. The normalized spacial score (nSPS) is 10.4. The largest absolute Gasteiger partial charge is 0.478 e. The van der Waals surface area contributed by atoms with Gasteiger partial charge in [-0.1, -0.05) is 20.3 Å². The fourth-order valence-electron chi connectivity index (χ4n) is 1.26. The van der Waals surface area contributed by atoms with Crippen LogP contribution in [0.5, 0.6) is 0 Å². The Balaban J connectivity index is 2.82. The second kappa shape index (κ2) is 6.53. The molecular weight excluding hydrogens is 222 g/mol. The summed E-state index contributed by atoms with van der Waals surface area (Å²) >= 11 is 1.63. The van der Waals surface area contributed by atoms with Gasteiger partial charge in [-0.3, -0.25) is 0 Å². The van der Waals surface area contributed by atoms with Crippen molar-refractivity contribution in [2.24, 2.45) is 0 Å². The molecule has 0 bridgehead atoms. The van der Waals surface area contributed by atoms with Crippen LogP contribution in [-0.2, 0) is 6.42 Å². The van der Waals surface area contributed by atoms with Gasteiger partial charge in [0, 0.05) is 5.69 Å². The predicted octanol–water partition coefficient (Wildman–Crippen LogP) is 3.23. The van der Waals surface area contributed by atoms with Crippen LogP contribution in [-0.4, -0.2) is 21.8 Å². The van der Waals surface area contributed by atoms with E-state index in [0.29, 0.717) is 5.56 Å². The van der Waals surface area contributed by atoms with E-state index in [1.54, 1.807) is 23.9 Å². The fraction of sp³-hybridized carbons (Fsp3) is 0.500. The lowest BCUT2D eigenvalue weighted by atomic mass is 10.2. The Morgan fingerprint density at radius 2 is 2.19 bits per heavy atom. The monoisotopic (exact) mass is 239 g/mol. The van der Waals surface area contributed by atoms with Crippen LogP contribution in [0.15, 0.2) is 17.2 Å². The molecule has 1 rings (SSSR count). The van der Waals surface area contributed by atoms with Crippen molar-refractivity contribution in [1.82, 2.24) is 4.98 Å². The van der Waals surface area contributed by atoms with Gasteiger partial charge in [-0.15, -0.1) is 11.8 Å². The standard InChI is InChI=1S/C12H17NO2S/c1-3-5-6-16-11-8-9(12(14)15)7-10(4-2)13-11/h7-8H,3-6H2,1-2H3,(H,14,15). The van der Waals surface area contributed by atoms with Crippen molar-refractivity contribution < 1.29 is 9.90 Å².